The van der Waals surface area contributed by atoms with Crippen LogP contribution in [0.15, 0.2) is 23.3 Å². The molecule has 0 atom stereocenters. The van der Waals surface area contributed by atoms with Crippen molar-refractivity contribution >= 4 is 35.8 Å². The summed E-state index contributed by atoms with van der Waals surface area (Å²) < 4.78 is 5.44. The first-order chi connectivity index (χ1) is 12.4. The maximum atomic E-state index is 5.44. The topological polar surface area (TPSA) is 65.0 Å². The lowest BCUT2D eigenvalue weighted by atomic mass is 10.1. The van der Waals surface area contributed by atoms with Crippen LogP contribution >= 0.6 is 24.0 Å². The molecule has 2 heterocycles. The number of nitrogens with one attached hydrogen (secondary N) is 2. The molecule has 1 aromatic rings. The molecule has 27 heavy (non-hydrogen) atoms. The highest BCUT2D eigenvalue weighted by Crippen LogP contribution is 2.14. The predicted octanol–water partition coefficient (Wildman–Crippen LogP) is 1.93. The molecule has 1 aromatic heterocycles. The number of anilines is 1. The fourth-order valence-electron chi connectivity index (χ4n) is 2.61. The number of hydrogen-bond donors (Lipinski definition) is 2. The number of halogens is 1. The third-order valence-electron chi connectivity index (χ3n) is 4.63. The number of nitrogens with zero attached hydrogens (tertiary/aromatic N) is 4. The summed E-state index contributed by atoms with van der Waals surface area (Å²) in [6, 6.07) is 4.22. The van der Waals surface area contributed by atoms with Crippen LogP contribution in [0.1, 0.15) is 26.3 Å². The van der Waals surface area contributed by atoms with Crippen LogP contribution in [0.2, 0.25) is 0 Å². The van der Waals surface area contributed by atoms with Gasteiger partial charge in [0.25, 0.3) is 0 Å². The van der Waals surface area contributed by atoms with Crippen LogP contribution < -0.4 is 15.5 Å². The van der Waals surface area contributed by atoms with E-state index < -0.39 is 0 Å². The first kappa shape index (κ1) is 23.9. The zero-order chi connectivity index (χ0) is 19.0. The van der Waals surface area contributed by atoms with Gasteiger partial charge in [-0.2, -0.15) is 0 Å². The minimum Gasteiger partial charge on any atom is -0.377 e. The van der Waals surface area contributed by atoms with Crippen LogP contribution in [0.5, 0.6) is 0 Å². The molecule has 2 N–H and O–H groups in total. The van der Waals surface area contributed by atoms with E-state index in [4.69, 9.17) is 4.74 Å². The molecule has 2 rings (SSSR count). The van der Waals surface area contributed by atoms with E-state index in [-0.39, 0.29) is 29.6 Å². The summed E-state index contributed by atoms with van der Waals surface area (Å²) in [5.41, 5.74) is 0.869. The summed E-state index contributed by atoms with van der Waals surface area (Å²) in [5.74, 6) is 1.85. The monoisotopic (exact) mass is 490 g/mol. The van der Waals surface area contributed by atoms with Crippen molar-refractivity contribution in [2.75, 3.05) is 58.3 Å². The van der Waals surface area contributed by atoms with Gasteiger partial charge in [0.2, 0.25) is 0 Å². The smallest absolute Gasteiger partial charge is 0.191 e. The van der Waals surface area contributed by atoms with E-state index in [1.54, 1.807) is 7.11 Å². The molecular weight excluding hydrogens is 455 g/mol. The van der Waals surface area contributed by atoms with Gasteiger partial charge in [-0.15, -0.1) is 24.0 Å². The van der Waals surface area contributed by atoms with E-state index in [2.05, 4.69) is 56.5 Å². The highest BCUT2D eigenvalue weighted by Gasteiger charge is 2.17. The number of hydrogen-bond acceptors (Lipinski definition) is 5. The van der Waals surface area contributed by atoms with Crippen molar-refractivity contribution in [3.8, 4) is 0 Å². The zero-order valence-electron chi connectivity index (χ0n) is 17.3. The second kappa shape index (κ2) is 11.7. The highest BCUT2D eigenvalue weighted by molar-refractivity contribution is 14.0. The van der Waals surface area contributed by atoms with Gasteiger partial charge >= 0.3 is 0 Å². The lowest BCUT2D eigenvalue weighted by Crippen LogP contribution is -2.45. The molecule has 7 nitrogen and oxygen atoms in total. The molecular formula is C19H35IN6O. The molecule has 0 radical (unpaired) electrons. The van der Waals surface area contributed by atoms with Crippen LogP contribution in [0.3, 0.4) is 0 Å². The van der Waals surface area contributed by atoms with Crippen LogP contribution in [0.4, 0.5) is 5.82 Å². The fourth-order valence-corrected chi connectivity index (χ4v) is 2.61. The zero-order valence-corrected chi connectivity index (χ0v) is 19.6. The van der Waals surface area contributed by atoms with Crippen LogP contribution in [-0.4, -0.2) is 74.9 Å². The molecule has 1 aliphatic rings. The second-order valence-electron chi connectivity index (χ2n) is 7.33. The largest absolute Gasteiger partial charge is 0.377 e. The maximum absolute atomic E-state index is 5.44. The van der Waals surface area contributed by atoms with Gasteiger partial charge in [0, 0.05) is 52.6 Å². The van der Waals surface area contributed by atoms with Gasteiger partial charge in [-0.25, -0.2) is 9.98 Å². The molecule has 154 valence electrons. The number of ether oxygens (including phenoxy) is 1. The molecule has 8 heteroatoms. The van der Waals surface area contributed by atoms with E-state index in [9.17, 15) is 0 Å². The lowest BCUT2D eigenvalue weighted by molar-refractivity contribution is 0.0268. The second-order valence-corrected chi connectivity index (χ2v) is 7.33. The molecule has 0 aromatic carbocycles. The quantitative estimate of drug-likeness (QED) is 0.346. The first-order valence-corrected chi connectivity index (χ1v) is 9.39. The Kier molecular flexibility index (Phi) is 10.3. The predicted molar refractivity (Wildman–Crippen MR) is 123 cm³/mol. The number of piperazine rings is 1. The van der Waals surface area contributed by atoms with Gasteiger partial charge in [-0.05, 0) is 39.4 Å². The average molecular weight is 490 g/mol. The molecule has 0 spiro atoms. The van der Waals surface area contributed by atoms with E-state index in [0.29, 0.717) is 13.1 Å². The molecule has 1 fully saturated rings. The number of rotatable bonds is 7. The average Bonchev–Trinajstić information content (AvgIpc) is 2.65. The Balaban J connectivity index is 0.00000364. The van der Waals surface area contributed by atoms with Crippen molar-refractivity contribution in [2.24, 2.45) is 4.99 Å². The van der Waals surface area contributed by atoms with Crippen LogP contribution in [0.25, 0.3) is 0 Å². The number of aromatic nitrogens is 1. The first-order valence-electron chi connectivity index (χ1n) is 9.39. The van der Waals surface area contributed by atoms with E-state index in [1.165, 1.54) is 0 Å². The van der Waals surface area contributed by atoms with Gasteiger partial charge in [-0.1, -0.05) is 6.07 Å². The van der Waals surface area contributed by atoms with Gasteiger partial charge < -0.3 is 25.2 Å². The molecule has 1 aliphatic heterocycles. The third-order valence-corrected chi connectivity index (χ3v) is 4.63. The summed E-state index contributed by atoms with van der Waals surface area (Å²) in [6.45, 7) is 12.5. The summed E-state index contributed by atoms with van der Waals surface area (Å²) in [5, 5.41) is 6.60. The van der Waals surface area contributed by atoms with E-state index >= 15 is 0 Å². The standard InChI is InChI=1S/C19H34N6O.HI/c1-6-20-18(23-15-19(2,3)26-5)22-14-16-7-8-17(21-13-16)25-11-9-24(4)10-12-25;/h7-8,13H,6,9-12,14-15H2,1-5H3,(H2,20,22,23);1H. The van der Waals surface area contributed by atoms with Gasteiger partial charge in [-0.3, -0.25) is 0 Å². The Hall–Kier alpha value is -1.13. The van der Waals surface area contributed by atoms with Crippen molar-refractivity contribution in [3.05, 3.63) is 23.9 Å². The molecule has 1 saturated heterocycles. The summed E-state index contributed by atoms with van der Waals surface area (Å²) in [6.07, 6.45) is 1.93. The Morgan fingerprint density at radius 3 is 2.48 bits per heavy atom. The summed E-state index contributed by atoms with van der Waals surface area (Å²) >= 11 is 0. The van der Waals surface area contributed by atoms with Crippen molar-refractivity contribution in [1.82, 2.24) is 20.5 Å². The SMILES string of the molecule is CCNC(=NCc1ccc(N2CCN(C)CC2)nc1)NCC(C)(C)OC.I. The lowest BCUT2D eigenvalue weighted by Gasteiger charge is -2.33. The van der Waals surface area contributed by atoms with Crippen molar-refractivity contribution in [1.29, 1.82) is 0 Å². The number of pyridine rings is 1. The summed E-state index contributed by atoms with van der Waals surface area (Å²) in [7, 11) is 3.88. The van der Waals surface area contributed by atoms with Crippen molar-refractivity contribution in [3.63, 3.8) is 0 Å². The van der Waals surface area contributed by atoms with E-state index in [0.717, 1.165) is 50.1 Å². The summed E-state index contributed by atoms with van der Waals surface area (Å²) in [4.78, 5) is 14.0. The van der Waals surface area contributed by atoms with E-state index in [1.807, 2.05) is 20.0 Å². The number of guanidine groups is 1. The Morgan fingerprint density at radius 2 is 1.93 bits per heavy atom. The molecule has 0 bridgehead atoms. The van der Waals surface area contributed by atoms with Gasteiger partial charge in [0.05, 0.1) is 12.1 Å². The van der Waals surface area contributed by atoms with Crippen LogP contribution in [-0.2, 0) is 11.3 Å². The number of methoxy groups -OCH3 is 1. The minimum absolute atomic E-state index is 0. The highest BCUT2D eigenvalue weighted by atomic mass is 127. The Morgan fingerprint density at radius 1 is 1.22 bits per heavy atom. The third kappa shape index (κ3) is 8.18. The Labute approximate surface area is 181 Å². The van der Waals surface area contributed by atoms with Crippen molar-refractivity contribution < 1.29 is 4.74 Å². The minimum atomic E-state index is -0.234. The van der Waals surface area contributed by atoms with Crippen LogP contribution in [0, 0.1) is 0 Å². The number of likely N-dealkylation sites (N-methyl/N-ethyl adjacent to an activating group) is 1. The van der Waals surface area contributed by atoms with Crippen molar-refractivity contribution in [2.45, 2.75) is 32.9 Å². The molecule has 0 unspecified atom stereocenters. The fraction of sp³-hybridized carbons (Fsp3) is 0.684. The molecule has 0 amide bonds. The number of aliphatic imine (C=N–C) groups is 1. The van der Waals surface area contributed by atoms with Gasteiger partial charge in [0.1, 0.15) is 5.82 Å². The maximum Gasteiger partial charge on any atom is 0.191 e. The Bertz CT molecular complexity index is 570. The van der Waals surface area contributed by atoms with Gasteiger partial charge in [0.15, 0.2) is 5.96 Å². The molecule has 0 aliphatic carbocycles. The molecule has 0 saturated carbocycles. The normalized spacial score (nSPS) is 16.0.